The molecule has 1 aromatic rings. The Morgan fingerprint density at radius 2 is 2.15 bits per heavy atom. The zero-order valence-corrected chi connectivity index (χ0v) is 16.0. The molecule has 8 heteroatoms. The number of aliphatic imine (C=N–C) groups is 1. The van der Waals surface area contributed by atoms with Gasteiger partial charge in [-0.1, -0.05) is 18.2 Å². The van der Waals surface area contributed by atoms with Crippen molar-refractivity contribution in [3.63, 3.8) is 0 Å². The van der Waals surface area contributed by atoms with E-state index < -0.39 is 17.5 Å². The van der Waals surface area contributed by atoms with Gasteiger partial charge < -0.3 is 25.0 Å². The largest absolute Gasteiger partial charge is 0.444 e. The summed E-state index contributed by atoms with van der Waals surface area (Å²) in [6.45, 7) is 8.00. The van der Waals surface area contributed by atoms with Gasteiger partial charge in [-0.3, -0.25) is 4.99 Å². The van der Waals surface area contributed by atoms with Crippen LogP contribution in [0.1, 0.15) is 32.4 Å². The number of guanidine groups is 1. The van der Waals surface area contributed by atoms with Crippen molar-refractivity contribution < 1.29 is 19.0 Å². The maximum Gasteiger partial charge on any atom is 0.410 e. The third kappa shape index (κ3) is 4.68. The number of ether oxygens (including phenoxy) is 1. The van der Waals surface area contributed by atoms with E-state index >= 15 is 0 Å². The van der Waals surface area contributed by atoms with E-state index in [1.807, 2.05) is 20.8 Å². The van der Waals surface area contributed by atoms with Gasteiger partial charge in [-0.15, -0.1) is 0 Å². The molecule has 1 amide bonds. The van der Waals surface area contributed by atoms with Crippen molar-refractivity contribution >= 4 is 12.1 Å². The molecular formula is C19H27FN4O3. The smallest absolute Gasteiger partial charge is 0.410 e. The van der Waals surface area contributed by atoms with E-state index in [0.717, 1.165) is 0 Å². The second kappa shape index (κ2) is 7.72. The molecule has 0 bridgehead atoms. The molecule has 1 aromatic carbocycles. The van der Waals surface area contributed by atoms with Gasteiger partial charge in [0.05, 0.1) is 18.7 Å². The van der Waals surface area contributed by atoms with Crippen LogP contribution in [0.25, 0.3) is 0 Å². The van der Waals surface area contributed by atoms with Gasteiger partial charge in [0.2, 0.25) is 0 Å². The van der Waals surface area contributed by atoms with E-state index in [9.17, 15) is 14.3 Å². The van der Waals surface area contributed by atoms with Crippen LogP contribution in [0.5, 0.6) is 0 Å². The fourth-order valence-electron chi connectivity index (χ4n) is 3.27. The quantitative estimate of drug-likeness (QED) is 0.838. The number of hydrogen-bond donors (Lipinski definition) is 2. The molecule has 1 saturated heterocycles. The molecule has 0 saturated carbocycles. The molecule has 1 fully saturated rings. The van der Waals surface area contributed by atoms with E-state index in [1.54, 1.807) is 23.1 Å². The molecule has 0 spiro atoms. The number of carbonyl (C=O) groups excluding carboxylic acids is 1. The number of fused-ring (bicyclic) bond motifs is 1. The number of carbonyl (C=O) groups is 1. The van der Waals surface area contributed by atoms with Gasteiger partial charge in [-0.2, -0.15) is 0 Å². The lowest BCUT2D eigenvalue weighted by Gasteiger charge is -2.39. The van der Waals surface area contributed by atoms with E-state index in [4.69, 9.17) is 4.74 Å². The fourth-order valence-corrected chi connectivity index (χ4v) is 3.27. The number of aliphatic hydroxyl groups excluding tert-OH is 1. The van der Waals surface area contributed by atoms with E-state index in [0.29, 0.717) is 32.1 Å². The van der Waals surface area contributed by atoms with Gasteiger partial charge in [0.15, 0.2) is 5.96 Å². The Hall–Kier alpha value is -2.35. The number of nitrogens with zero attached hydrogens (tertiary/aromatic N) is 3. The van der Waals surface area contributed by atoms with Crippen LogP contribution < -0.4 is 5.32 Å². The summed E-state index contributed by atoms with van der Waals surface area (Å²) in [5, 5.41) is 13.3. The Bertz CT molecular complexity index is 719. The van der Waals surface area contributed by atoms with E-state index in [-0.39, 0.29) is 24.2 Å². The molecule has 0 radical (unpaired) electrons. The summed E-state index contributed by atoms with van der Waals surface area (Å²) in [6, 6.07) is 6.27. The van der Waals surface area contributed by atoms with Crippen LogP contribution in [-0.4, -0.2) is 71.3 Å². The summed E-state index contributed by atoms with van der Waals surface area (Å²) in [5.74, 6) is 0.253. The number of amides is 1. The predicted octanol–water partition coefficient (Wildman–Crippen LogP) is 1.74. The highest BCUT2D eigenvalue weighted by atomic mass is 19.1. The Balaban J connectivity index is 1.52. The molecule has 148 valence electrons. The van der Waals surface area contributed by atoms with Crippen molar-refractivity contribution in [1.82, 2.24) is 15.1 Å². The van der Waals surface area contributed by atoms with Crippen molar-refractivity contribution in [1.29, 1.82) is 0 Å². The van der Waals surface area contributed by atoms with Gasteiger partial charge in [0.1, 0.15) is 11.4 Å². The van der Waals surface area contributed by atoms with Gasteiger partial charge in [-0.25, -0.2) is 9.18 Å². The molecule has 2 aliphatic rings. The minimum absolute atomic E-state index is 0.0828. The first-order valence-corrected chi connectivity index (χ1v) is 9.20. The second-order valence-electron chi connectivity index (χ2n) is 7.86. The third-order valence-electron chi connectivity index (χ3n) is 4.58. The van der Waals surface area contributed by atoms with Crippen molar-refractivity contribution in [3.05, 3.63) is 35.6 Å². The molecule has 2 heterocycles. The van der Waals surface area contributed by atoms with Crippen molar-refractivity contribution in [2.24, 2.45) is 4.99 Å². The van der Waals surface area contributed by atoms with Crippen LogP contribution in [-0.2, 0) is 4.74 Å². The maximum absolute atomic E-state index is 13.8. The Morgan fingerprint density at radius 3 is 2.85 bits per heavy atom. The number of hydrogen-bond acceptors (Lipinski definition) is 6. The van der Waals surface area contributed by atoms with Crippen molar-refractivity contribution in [3.8, 4) is 0 Å². The number of rotatable bonds is 3. The summed E-state index contributed by atoms with van der Waals surface area (Å²) in [4.78, 5) is 20.5. The Morgan fingerprint density at radius 1 is 1.41 bits per heavy atom. The first kappa shape index (κ1) is 19.4. The number of benzene rings is 1. The highest BCUT2D eigenvalue weighted by Gasteiger charge is 2.36. The normalized spacial score (nSPS) is 20.8. The monoisotopic (exact) mass is 378 g/mol. The summed E-state index contributed by atoms with van der Waals surface area (Å²) >= 11 is 0. The zero-order chi connectivity index (χ0) is 19.6. The predicted molar refractivity (Wildman–Crippen MR) is 100.0 cm³/mol. The van der Waals surface area contributed by atoms with Crippen LogP contribution in [0.2, 0.25) is 0 Å². The average molecular weight is 378 g/mol. The average Bonchev–Trinajstić information content (AvgIpc) is 3.01. The lowest BCUT2D eigenvalue weighted by molar-refractivity contribution is 0.0137. The molecular weight excluding hydrogens is 351 g/mol. The van der Waals surface area contributed by atoms with Gasteiger partial charge in [0, 0.05) is 31.7 Å². The minimum atomic E-state index is -0.962. The van der Waals surface area contributed by atoms with Crippen LogP contribution in [0.3, 0.4) is 0 Å². The summed E-state index contributed by atoms with van der Waals surface area (Å²) in [7, 11) is 0. The summed E-state index contributed by atoms with van der Waals surface area (Å²) in [5.41, 5.74) is -0.259. The van der Waals surface area contributed by atoms with Crippen LogP contribution in [0, 0.1) is 5.82 Å². The topological polar surface area (TPSA) is 77.4 Å². The zero-order valence-electron chi connectivity index (χ0n) is 16.0. The number of nitrogens with one attached hydrogen (secondary N) is 1. The molecule has 3 rings (SSSR count). The van der Waals surface area contributed by atoms with Crippen molar-refractivity contribution in [2.45, 2.75) is 38.5 Å². The second-order valence-corrected chi connectivity index (χ2v) is 7.86. The fraction of sp³-hybridized carbons (Fsp3) is 0.579. The van der Waals surface area contributed by atoms with Crippen LogP contribution in [0.4, 0.5) is 9.18 Å². The number of halogens is 1. The molecule has 0 aliphatic carbocycles. The molecule has 2 atom stereocenters. The lowest BCUT2D eigenvalue weighted by atomic mass is 10.1. The standard InChI is InChI=1S/C19H27FN4O3/c1-19(2,3)27-18(26)23-8-9-24-13(12-23)10-21-17(24)22-11-16(25)14-6-4-5-7-15(14)20/h4-7,13,16,25H,8-12H2,1-3H3,(H,21,22). The van der Waals surface area contributed by atoms with Crippen molar-refractivity contribution in [2.75, 3.05) is 32.7 Å². The molecule has 2 N–H and O–H groups in total. The third-order valence-corrected chi connectivity index (χ3v) is 4.58. The highest BCUT2D eigenvalue weighted by Crippen LogP contribution is 2.20. The van der Waals surface area contributed by atoms with Crippen LogP contribution >= 0.6 is 0 Å². The Kier molecular flexibility index (Phi) is 5.55. The highest BCUT2D eigenvalue weighted by molar-refractivity contribution is 5.82. The van der Waals surface area contributed by atoms with Gasteiger partial charge >= 0.3 is 6.09 Å². The van der Waals surface area contributed by atoms with Gasteiger partial charge in [-0.05, 0) is 26.8 Å². The molecule has 2 aliphatic heterocycles. The first-order chi connectivity index (χ1) is 12.7. The summed E-state index contributed by atoms with van der Waals surface area (Å²) in [6.07, 6.45) is -1.27. The molecule has 0 aromatic heterocycles. The maximum atomic E-state index is 13.8. The number of aliphatic hydroxyl groups is 1. The van der Waals surface area contributed by atoms with Crippen LogP contribution in [0.15, 0.2) is 29.3 Å². The minimum Gasteiger partial charge on any atom is -0.444 e. The molecule has 27 heavy (non-hydrogen) atoms. The SMILES string of the molecule is CC(C)(C)OC(=O)N1CCN2C(NCC(O)c3ccccc3F)=NCC2C1. The number of piperazine rings is 1. The summed E-state index contributed by atoms with van der Waals surface area (Å²) < 4.78 is 19.2. The lowest BCUT2D eigenvalue weighted by Crippen LogP contribution is -2.57. The van der Waals surface area contributed by atoms with Gasteiger partial charge in [0.25, 0.3) is 0 Å². The molecule has 2 unspecified atom stereocenters. The van der Waals surface area contributed by atoms with E-state index in [1.165, 1.54) is 6.07 Å². The molecule has 7 nitrogen and oxygen atoms in total. The van der Waals surface area contributed by atoms with E-state index in [2.05, 4.69) is 15.2 Å². The Labute approximate surface area is 158 Å². The first-order valence-electron chi connectivity index (χ1n) is 9.20.